The highest BCUT2D eigenvalue weighted by Gasteiger charge is 2.16. The van der Waals surface area contributed by atoms with Crippen molar-refractivity contribution >= 4 is 24.6 Å². The van der Waals surface area contributed by atoms with Crippen molar-refractivity contribution in [2.75, 3.05) is 0 Å². The number of pyridine rings is 1. The summed E-state index contributed by atoms with van der Waals surface area (Å²) in [5.41, 5.74) is 2.34. The lowest BCUT2D eigenvalue weighted by Gasteiger charge is -2.24. The van der Waals surface area contributed by atoms with E-state index in [1.54, 1.807) is 0 Å². The predicted molar refractivity (Wildman–Crippen MR) is 185 cm³/mol. The Hall–Kier alpha value is -1.54. The highest BCUT2D eigenvalue weighted by Crippen LogP contribution is 2.30. The summed E-state index contributed by atoms with van der Waals surface area (Å²) in [7, 11) is -1.02. The van der Waals surface area contributed by atoms with Crippen LogP contribution in [0.3, 0.4) is 0 Å². The Labute approximate surface area is 258 Å². The monoisotopic (exact) mass is 597 g/mol. The zero-order valence-corrected chi connectivity index (χ0v) is 30.6. The van der Waals surface area contributed by atoms with Gasteiger partial charge in [0.05, 0.1) is 20.8 Å². The Balaban J connectivity index is 1.68. The van der Waals surface area contributed by atoms with Crippen LogP contribution in [0.4, 0.5) is 0 Å². The summed E-state index contributed by atoms with van der Waals surface area (Å²) < 4.78 is 6.26. The Bertz CT molecular complexity index is 922. The summed E-state index contributed by atoms with van der Waals surface area (Å²) in [5, 5.41) is 10.5. The third-order valence-corrected chi connectivity index (χ3v) is 12.2. The zero-order chi connectivity index (χ0) is 29.8. The van der Waals surface area contributed by atoms with E-state index in [-0.39, 0.29) is 9.52 Å². The first kappa shape index (κ1) is 35.7. The van der Waals surface area contributed by atoms with Crippen molar-refractivity contribution in [3.8, 4) is 17.1 Å². The van der Waals surface area contributed by atoms with Crippen molar-refractivity contribution in [2.45, 2.75) is 150 Å². The lowest BCUT2D eigenvalue weighted by Crippen LogP contribution is -2.21. The van der Waals surface area contributed by atoms with Gasteiger partial charge in [0.2, 0.25) is 15.6 Å². The molecule has 0 fully saturated rings. The Kier molecular flexibility index (Phi) is 18.4. The molecular weight excluding hydrogens is 535 g/mol. The van der Waals surface area contributed by atoms with Crippen LogP contribution in [0.15, 0.2) is 30.5 Å². The molecule has 0 bridgehead atoms. The molecule has 0 aliphatic heterocycles. The van der Waals surface area contributed by atoms with E-state index in [0.29, 0.717) is 5.41 Å². The molecule has 41 heavy (non-hydrogen) atoms. The molecule has 2 aromatic rings. The van der Waals surface area contributed by atoms with Crippen LogP contribution >= 0.6 is 0 Å². The number of rotatable bonds is 24. The summed E-state index contributed by atoms with van der Waals surface area (Å²) >= 11 is 0. The molecule has 232 valence electrons. The number of hydrogen-bond acceptors (Lipinski definition) is 4. The average Bonchev–Trinajstić information content (AvgIpc) is 2.97. The minimum Gasteiger partial charge on any atom is -0.536 e. The van der Waals surface area contributed by atoms with Crippen LogP contribution < -0.4 is 9.74 Å². The van der Waals surface area contributed by atoms with Gasteiger partial charge in [0.1, 0.15) is 0 Å². The van der Waals surface area contributed by atoms with Gasteiger partial charge in [-0.05, 0) is 60.4 Å². The van der Waals surface area contributed by atoms with Gasteiger partial charge in [-0.25, -0.2) is 4.98 Å². The van der Waals surface area contributed by atoms with Gasteiger partial charge in [0.25, 0.3) is 0 Å². The van der Waals surface area contributed by atoms with Crippen molar-refractivity contribution in [1.82, 2.24) is 15.2 Å². The van der Waals surface area contributed by atoms with E-state index < -0.39 is 9.76 Å². The van der Waals surface area contributed by atoms with Crippen molar-refractivity contribution < 1.29 is 4.43 Å². The second-order valence-electron chi connectivity index (χ2n) is 13.6. The molecule has 0 saturated heterocycles. The first-order valence-corrected chi connectivity index (χ1v) is 20.5. The third kappa shape index (κ3) is 16.0. The minimum atomic E-state index is -0.642. The molecule has 0 aliphatic rings. The van der Waals surface area contributed by atoms with Gasteiger partial charge in [-0.3, -0.25) is 0 Å². The van der Waals surface area contributed by atoms with E-state index in [0.717, 1.165) is 29.0 Å². The smallest absolute Gasteiger partial charge is 0.221 e. The maximum absolute atomic E-state index is 6.26. The van der Waals surface area contributed by atoms with E-state index >= 15 is 0 Å². The van der Waals surface area contributed by atoms with Crippen LogP contribution in [0.2, 0.25) is 12.1 Å². The van der Waals surface area contributed by atoms with E-state index in [1.807, 2.05) is 12.3 Å². The molecule has 6 heteroatoms. The van der Waals surface area contributed by atoms with Crippen LogP contribution in [0.25, 0.3) is 11.3 Å². The molecule has 0 aromatic carbocycles. The second kappa shape index (κ2) is 21.2. The topological polar surface area (TPSA) is 47.9 Å². The van der Waals surface area contributed by atoms with E-state index in [4.69, 9.17) is 4.43 Å². The highest BCUT2D eigenvalue weighted by atomic mass is 28.2. The summed E-state index contributed by atoms with van der Waals surface area (Å²) in [6, 6.07) is 10.9. The molecule has 4 nitrogen and oxygen atoms in total. The van der Waals surface area contributed by atoms with E-state index in [1.165, 1.54) is 114 Å². The van der Waals surface area contributed by atoms with Crippen molar-refractivity contribution in [3.05, 3.63) is 30.5 Å². The van der Waals surface area contributed by atoms with Crippen LogP contribution in [0.1, 0.15) is 138 Å². The molecule has 0 aliphatic carbocycles. The van der Waals surface area contributed by atoms with Crippen LogP contribution in [-0.4, -0.2) is 34.5 Å². The van der Waals surface area contributed by atoms with E-state index in [9.17, 15) is 0 Å². The quantitative estimate of drug-likeness (QED) is 0.0896. The van der Waals surface area contributed by atoms with Crippen LogP contribution in [-0.2, 0) is 0 Å². The summed E-state index contributed by atoms with van der Waals surface area (Å²) in [4.78, 5) is 4.55. The lowest BCUT2D eigenvalue weighted by molar-refractivity contribution is 0.288. The fraction of sp³-hybridized carbons (Fsp3) is 0.743. The van der Waals surface area contributed by atoms with Crippen LogP contribution in [0.5, 0.6) is 5.88 Å². The summed E-state index contributed by atoms with van der Waals surface area (Å²) in [6.07, 6.45) is 22.2. The van der Waals surface area contributed by atoms with Gasteiger partial charge < -0.3 is 4.43 Å². The van der Waals surface area contributed by atoms with Gasteiger partial charge in [0, 0.05) is 11.5 Å². The largest absolute Gasteiger partial charge is 0.536 e. The Morgan fingerprint density at radius 3 is 2.20 bits per heavy atom. The fourth-order valence-electron chi connectivity index (χ4n) is 5.76. The maximum Gasteiger partial charge on any atom is 0.221 e. The fourth-order valence-corrected chi connectivity index (χ4v) is 8.42. The molecule has 2 unspecified atom stereocenters. The molecule has 0 radical (unpaired) electrons. The molecule has 0 spiro atoms. The molecule has 0 N–H and O–H groups in total. The first-order chi connectivity index (χ1) is 19.8. The molecule has 0 saturated carbocycles. The highest BCUT2D eigenvalue weighted by molar-refractivity contribution is 6.52. The van der Waals surface area contributed by atoms with E-state index in [2.05, 4.69) is 74.9 Å². The molecule has 2 heterocycles. The molecule has 2 rings (SSSR count). The Morgan fingerprint density at radius 2 is 1.49 bits per heavy atom. The molecule has 2 aromatic heterocycles. The van der Waals surface area contributed by atoms with Gasteiger partial charge in [-0.2, -0.15) is 10.2 Å². The SMILES string of the molecule is CCCCCC(C)CCCCCC(C)C[SiH2]c1ccc(-c2cccnc2O[SiH2]CCCCC(C)(C)CCCC)nn1. The Morgan fingerprint density at radius 1 is 0.780 bits per heavy atom. The second-order valence-corrected chi connectivity index (χ2v) is 16.8. The molecule has 0 amide bonds. The number of unbranched alkanes of at least 4 members (excludes halogenated alkanes) is 6. The molecular formula is C35H63N3OSi2. The van der Waals surface area contributed by atoms with Gasteiger partial charge in [-0.15, -0.1) is 0 Å². The first-order valence-electron chi connectivity index (χ1n) is 17.3. The molecule has 2 atom stereocenters. The minimum absolute atomic E-state index is 0.380. The van der Waals surface area contributed by atoms with Crippen LogP contribution in [0, 0.1) is 17.3 Å². The van der Waals surface area contributed by atoms with Crippen molar-refractivity contribution in [2.24, 2.45) is 17.3 Å². The lowest BCUT2D eigenvalue weighted by atomic mass is 9.82. The standard InChI is InChI=1S/C35H63N3OSi2/c1-7-9-12-18-29(3)19-13-11-14-20-30(4)28-40-33-23-22-32(37-38-33)31-21-17-26-36-34(31)39-41-27-16-15-25-35(5,6)24-10-8-2/h17,21-23,26,29-30H,7-16,18-20,24-25,27-28,40-41H2,1-6H3. The number of hydrogen-bond donors (Lipinski definition) is 0. The summed E-state index contributed by atoms with van der Waals surface area (Å²) in [6.45, 7) is 14.3. The average molecular weight is 598 g/mol. The van der Waals surface area contributed by atoms with Gasteiger partial charge >= 0.3 is 0 Å². The number of aromatic nitrogens is 3. The predicted octanol–water partition coefficient (Wildman–Crippen LogP) is 8.82. The maximum atomic E-state index is 6.26. The summed E-state index contributed by atoms with van der Waals surface area (Å²) in [5.74, 6) is 2.45. The van der Waals surface area contributed by atoms with Gasteiger partial charge in [-0.1, -0.05) is 131 Å². The zero-order valence-electron chi connectivity index (χ0n) is 27.7. The van der Waals surface area contributed by atoms with Gasteiger partial charge in [0.15, 0.2) is 0 Å². The third-order valence-electron chi connectivity index (χ3n) is 8.80. The number of nitrogens with zero attached hydrogens (tertiary/aromatic N) is 3. The normalized spacial score (nSPS) is 13.9. The van der Waals surface area contributed by atoms with Crippen molar-refractivity contribution in [1.29, 1.82) is 0 Å². The van der Waals surface area contributed by atoms with Crippen molar-refractivity contribution in [3.63, 3.8) is 0 Å².